The van der Waals surface area contributed by atoms with Crippen LogP contribution in [0.2, 0.25) is 0 Å². The molecule has 0 aliphatic carbocycles. The van der Waals surface area contributed by atoms with Crippen molar-refractivity contribution in [3.8, 4) is 0 Å². The first-order valence-corrected chi connectivity index (χ1v) is 12.0. The maximum absolute atomic E-state index is 12.3. The summed E-state index contributed by atoms with van der Waals surface area (Å²) in [6.07, 6.45) is 0. The van der Waals surface area contributed by atoms with Crippen LogP contribution in [0.4, 0.5) is 22.7 Å². The molecule has 0 saturated carbocycles. The van der Waals surface area contributed by atoms with Crippen LogP contribution in [0.25, 0.3) is 0 Å². The van der Waals surface area contributed by atoms with E-state index >= 15 is 0 Å². The van der Waals surface area contributed by atoms with E-state index in [2.05, 4.69) is 32.5 Å². The molecule has 2 aromatic heterocycles. The maximum Gasteiger partial charge on any atom is 0.350 e. The van der Waals surface area contributed by atoms with Gasteiger partial charge >= 0.3 is 5.97 Å². The number of anilines is 4. The summed E-state index contributed by atoms with van der Waals surface area (Å²) in [5.41, 5.74) is 0.595. The highest BCUT2D eigenvalue weighted by molar-refractivity contribution is 7.17. The third kappa shape index (κ3) is 5.17. The van der Waals surface area contributed by atoms with Gasteiger partial charge in [-0.1, -0.05) is 11.3 Å². The third-order valence-electron chi connectivity index (χ3n) is 5.80. The molecule has 2 aliphatic rings. The lowest BCUT2D eigenvalue weighted by Gasteiger charge is -2.36. The molecule has 2 aliphatic heterocycles. The van der Waals surface area contributed by atoms with Gasteiger partial charge in [-0.05, 0) is 27.8 Å². The average molecular weight is 475 g/mol. The average Bonchev–Trinajstić information content (AvgIpc) is 3.16. The first kappa shape index (κ1) is 23.2. The van der Waals surface area contributed by atoms with Gasteiger partial charge in [-0.3, -0.25) is 10.1 Å². The van der Waals surface area contributed by atoms with Crippen LogP contribution in [0.15, 0.2) is 6.07 Å². The summed E-state index contributed by atoms with van der Waals surface area (Å²) in [6, 6.07) is 1.61. The van der Waals surface area contributed by atoms with Gasteiger partial charge in [0, 0.05) is 45.3 Å². The molecule has 2 fully saturated rings. The van der Waals surface area contributed by atoms with Crippen LogP contribution in [0.5, 0.6) is 0 Å². The number of nitrogens with zero attached hydrogens (tertiary/aromatic N) is 6. The molecule has 1 unspecified atom stereocenters. The lowest BCUT2D eigenvalue weighted by molar-refractivity contribution is -0.122. The van der Waals surface area contributed by atoms with Gasteiger partial charge in [0.2, 0.25) is 11.9 Å². The number of esters is 1. The van der Waals surface area contributed by atoms with Gasteiger partial charge in [0.1, 0.15) is 22.6 Å². The van der Waals surface area contributed by atoms with E-state index in [0.717, 1.165) is 32.0 Å². The van der Waals surface area contributed by atoms with Crippen LogP contribution < -0.4 is 20.4 Å². The van der Waals surface area contributed by atoms with Crippen molar-refractivity contribution in [2.45, 2.75) is 26.8 Å². The van der Waals surface area contributed by atoms with Gasteiger partial charge in [-0.15, -0.1) is 0 Å². The van der Waals surface area contributed by atoms with E-state index in [4.69, 9.17) is 14.7 Å². The minimum Gasteiger partial charge on any atom is -0.462 e. The van der Waals surface area contributed by atoms with Crippen LogP contribution in [0, 0.1) is 6.92 Å². The summed E-state index contributed by atoms with van der Waals surface area (Å²) >= 11 is 1.21. The number of thiazole rings is 1. The number of piperazine rings is 2. The normalized spacial score (nSPS) is 19.4. The van der Waals surface area contributed by atoms with Gasteiger partial charge in [0.15, 0.2) is 5.13 Å². The number of hydrogen-bond donors (Lipinski definition) is 2. The largest absolute Gasteiger partial charge is 0.462 e. The molecule has 0 bridgehead atoms. The number of carbonyl (C=O) groups is 2. The second-order valence-electron chi connectivity index (χ2n) is 8.14. The molecule has 4 rings (SSSR count). The summed E-state index contributed by atoms with van der Waals surface area (Å²) in [4.78, 5) is 45.3. The molecular formula is C21H30N8O3S. The number of amides is 1. The molecule has 0 spiro atoms. The third-order valence-corrected chi connectivity index (χ3v) is 6.85. The van der Waals surface area contributed by atoms with E-state index < -0.39 is 0 Å². The van der Waals surface area contributed by atoms with Gasteiger partial charge in [0.05, 0.1) is 12.3 Å². The van der Waals surface area contributed by atoms with Crippen molar-refractivity contribution in [2.75, 3.05) is 68.0 Å². The van der Waals surface area contributed by atoms with Crippen molar-refractivity contribution in [3.63, 3.8) is 0 Å². The molecule has 178 valence electrons. The fraction of sp³-hybridized carbons (Fsp3) is 0.571. The maximum atomic E-state index is 12.3. The molecule has 1 amide bonds. The van der Waals surface area contributed by atoms with Gasteiger partial charge in [-0.25, -0.2) is 9.78 Å². The van der Waals surface area contributed by atoms with E-state index in [1.165, 1.54) is 11.3 Å². The molecule has 0 radical (unpaired) electrons. The molecule has 4 heterocycles. The lowest BCUT2D eigenvalue weighted by Crippen LogP contribution is -2.54. The van der Waals surface area contributed by atoms with Crippen LogP contribution in [0.3, 0.4) is 0 Å². The minimum absolute atomic E-state index is 0.0230. The molecule has 2 saturated heterocycles. The Hall–Kier alpha value is -2.99. The van der Waals surface area contributed by atoms with E-state index in [1.54, 1.807) is 13.8 Å². The zero-order valence-corrected chi connectivity index (χ0v) is 20.2. The number of nitrogens with one attached hydrogen (secondary N) is 2. The Bertz CT molecular complexity index is 1020. The van der Waals surface area contributed by atoms with Crippen molar-refractivity contribution < 1.29 is 14.3 Å². The second-order valence-corrected chi connectivity index (χ2v) is 9.14. The Morgan fingerprint density at radius 3 is 2.67 bits per heavy atom. The standard InChI is InChI=1S/C21H30N8O3S/c1-5-32-19(31)17-13(2)23-21(33-17)26-20-24-15(28-10-8-27(4)9-11-28)12-16(25-20)29-7-6-22-18(30)14(29)3/h12,14H,5-11H2,1-4H3,(H,22,30)(H,23,24,25,26). The highest BCUT2D eigenvalue weighted by atomic mass is 32.1. The summed E-state index contributed by atoms with van der Waals surface area (Å²) in [6.45, 7) is 10.5. The van der Waals surface area contributed by atoms with E-state index in [1.807, 2.05) is 17.9 Å². The number of aromatic nitrogens is 3. The minimum atomic E-state index is -0.388. The highest BCUT2D eigenvalue weighted by Gasteiger charge is 2.28. The van der Waals surface area contributed by atoms with E-state index in [9.17, 15) is 9.59 Å². The fourth-order valence-electron chi connectivity index (χ4n) is 3.85. The molecule has 2 N–H and O–H groups in total. The number of ether oxygens (including phenoxy) is 1. The summed E-state index contributed by atoms with van der Waals surface area (Å²) in [5.74, 6) is 1.45. The molecule has 12 heteroatoms. The lowest BCUT2D eigenvalue weighted by atomic mass is 10.2. The predicted molar refractivity (Wildman–Crippen MR) is 128 cm³/mol. The Morgan fingerprint density at radius 2 is 1.94 bits per heavy atom. The van der Waals surface area contributed by atoms with Crippen molar-refractivity contribution in [1.82, 2.24) is 25.2 Å². The predicted octanol–water partition coefficient (Wildman–Crippen LogP) is 1.24. The second kappa shape index (κ2) is 9.87. The first-order chi connectivity index (χ1) is 15.9. The van der Waals surface area contributed by atoms with E-state index in [0.29, 0.717) is 47.2 Å². The number of aryl methyl sites for hydroxylation is 1. The number of rotatable bonds is 6. The zero-order valence-electron chi connectivity index (χ0n) is 19.4. The van der Waals surface area contributed by atoms with Crippen LogP contribution in [-0.4, -0.2) is 90.7 Å². The summed E-state index contributed by atoms with van der Waals surface area (Å²) in [7, 11) is 2.11. The summed E-state index contributed by atoms with van der Waals surface area (Å²) < 4.78 is 5.12. The van der Waals surface area contributed by atoms with Gasteiger partial charge in [0.25, 0.3) is 0 Å². The zero-order chi connectivity index (χ0) is 23.5. The topological polar surface area (TPSA) is 116 Å². The van der Waals surface area contributed by atoms with Crippen molar-refractivity contribution in [2.24, 2.45) is 0 Å². The summed E-state index contributed by atoms with van der Waals surface area (Å²) in [5, 5.41) is 6.58. The molecule has 1 atom stereocenters. The Morgan fingerprint density at radius 1 is 1.21 bits per heavy atom. The smallest absolute Gasteiger partial charge is 0.350 e. The Balaban J connectivity index is 1.65. The molecule has 0 aromatic carbocycles. The quantitative estimate of drug-likeness (QED) is 0.592. The van der Waals surface area contributed by atoms with E-state index in [-0.39, 0.29) is 17.9 Å². The number of hydrogen-bond acceptors (Lipinski definition) is 11. The van der Waals surface area contributed by atoms with Crippen molar-refractivity contribution >= 4 is 45.9 Å². The SMILES string of the molecule is CCOC(=O)c1sc(Nc2nc(N3CCN(C)CC3)cc(N3CCNC(=O)C3C)n2)nc1C. The van der Waals surface area contributed by atoms with Crippen molar-refractivity contribution in [3.05, 3.63) is 16.6 Å². The van der Waals surface area contributed by atoms with Gasteiger partial charge < -0.3 is 24.8 Å². The first-order valence-electron chi connectivity index (χ1n) is 11.1. The van der Waals surface area contributed by atoms with Crippen molar-refractivity contribution in [1.29, 1.82) is 0 Å². The number of carbonyl (C=O) groups excluding carboxylic acids is 2. The number of likely N-dealkylation sites (N-methyl/N-ethyl adjacent to an activating group) is 1. The van der Waals surface area contributed by atoms with Crippen LogP contribution in [0.1, 0.15) is 29.2 Å². The molecule has 11 nitrogen and oxygen atoms in total. The Kier molecular flexibility index (Phi) is 6.94. The molecular weight excluding hydrogens is 444 g/mol. The highest BCUT2D eigenvalue weighted by Crippen LogP contribution is 2.29. The van der Waals surface area contributed by atoms with Crippen LogP contribution >= 0.6 is 11.3 Å². The fourth-order valence-corrected chi connectivity index (χ4v) is 4.70. The molecule has 33 heavy (non-hydrogen) atoms. The molecule has 2 aromatic rings. The Labute approximate surface area is 197 Å². The van der Waals surface area contributed by atoms with Crippen LogP contribution in [-0.2, 0) is 9.53 Å². The monoisotopic (exact) mass is 474 g/mol. The van der Waals surface area contributed by atoms with Gasteiger partial charge in [-0.2, -0.15) is 9.97 Å².